The summed E-state index contributed by atoms with van der Waals surface area (Å²) in [6, 6.07) is 0. The second-order valence-corrected chi connectivity index (χ2v) is 2.89. The van der Waals surface area contributed by atoms with Crippen LogP contribution in [0.15, 0.2) is 0 Å². The molecule has 0 unspecified atom stereocenters. The highest BCUT2D eigenvalue weighted by atomic mass is 16.3. The van der Waals surface area contributed by atoms with E-state index in [1.165, 1.54) is 0 Å². The van der Waals surface area contributed by atoms with Crippen molar-refractivity contribution in [2.45, 2.75) is 6.10 Å². The molecule has 0 saturated carbocycles. The first-order chi connectivity index (χ1) is 5.33. The lowest BCUT2D eigenvalue weighted by atomic mass is 10.3. The van der Waals surface area contributed by atoms with Crippen LogP contribution in [0.25, 0.3) is 0 Å². The summed E-state index contributed by atoms with van der Waals surface area (Å²) in [5, 5.41) is 20.9. The minimum Gasteiger partial charge on any atom is -0.394 e. The van der Waals surface area contributed by atoms with Crippen molar-refractivity contribution >= 4 is 0 Å². The highest BCUT2D eigenvalue weighted by molar-refractivity contribution is 4.70. The third-order valence-electron chi connectivity index (χ3n) is 1.89. The molecule has 3 N–H and O–H groups in total. The fourth-order valence-corrected chi connectivity index (χ4v) is 1.25. The molecule has 0 spiro atoms. The van der Waals surface area contributed by atoms with E-state index in [9.17, 15) is 0 Å². The zero-order valence-corrected chi connectivity index (χ0v) is 6.66. The molecule has 0 aliphatic carbocycles. The van der Waals surface area contributed by atoms with Crippen LogP contribution in [0.3, 0.4) is 0 Å². The van der Waals surface area contributed by atoms with Crippen molar-refractivity contribution in [3.63, 3.8) is 0 Å². The Labute approximate surface area is 66.8 Å². The lowest BCUT2D eigenvalue weighted by Crippen LogP contribution is -2.46. The van der Waals surface area contributed by atoms with Gasteiger partial charge in [-0.1, -0.05) is 0 Å². The van der Waals surface area contributed by atoms with Gasteiger partial charge < -0.3 is 15.5 Å². The van der Waals surface area contributed by atoms with E-state index in [4.69, 9.17) is 10.2 Å². The minimum atomic E-state index is -0.576. The number of piperazine rings is 1. The average Bonchev–Trinajstić information content (AvgIpc) is 2.06. The van der Waals surface area contributed by atoms with Crippen LogP contribution >= 0.6 is 0 Å². The molecule has 66 valence electrons. The van der Waals surface area contributed by atoms with Crippen LogP contribution < -0.4 is 5.32 Å². The lowest BCUT2D eigenvalue weighted by molar-refractivity contribution is 0.0555. The van der Waals surface area contributed by atoms with E-state index in [1.54, 1.807) is 0 Å². The fourth-order valence-electron chi connectivity index (χ4n) is 1.25. The first kappa shape index (κ1) is 8.93. The Morgan fingerprint density at radius 1 is 1.36 bits per heavy atom. The summed E-state index contributed by atoms with van der Waals surface area (Å²) in [6.07, 6.45) is -0.576. The molecule has 0 aromatic rings. The van der Waals surface area contributed by atoms with Gasteiger partial charge in [-0.3, -0.25) is 4.90 Å². The van der Waals surface area contributed by atoms with Crippen molar-refractivity contribution in [3.8, 4) is 0 Å². The maximum absolute atomic E-state index is 9.10. The molecule has 0 radical (unpaired) electrons. The van der Waals surface area contributed by atoms with Crippen molar-refractivity contribution in [3.05, 3.63) is 0 Å². The Balaban J connectivity index is 2.13. The van der Waals surface area contributed by atoms with E-state index in [0.29, 0.717) is 6.54 Å². The molecule has 1 aliphatic heterocycles. The standard InChI is InChI=1S/C7H16N2O2/c10-6-7(11)5-9-3-1-8-2-4-9/h7-8,10-11H,1-6H2/t7-/m1/s1. The molecule has 11 heavy (non-hydrogen) atoms. The lowest BCUT2D eigenvalue weighted by Gasteiger charge is -2.28. The summed E-state index contributed by atoms with van der Waals surface area (Å²) in [5.41, 5.74) is 0. The molecule has 0 aromatic carbocycles. The fraction of sp³-hybridized carbons (Fsp3) is 1.00. The summed E-state index contributed by atoms with van der Waals surface area (Å²) in [6.45, 7) is 4.37. The predicted molar refractivity (Wildman–Crippen MR) is 42.4 cm³/mol. The molecule has 1 rings (SSSR count). The van der Waals surface area contributed by atoms with Gasteiger partial charge in [-0.05, 0) is 0 Å². The summed E-state index contributed by atoms with van der Waals surface area (Å²) in [4.78, 5) is 2.15. The molecule has 1 atom stereocenters. The molecule has 1 saturated heterocycles. The maximum atomic E-state index is 9.10. The third kappa shape index (κ3) is 3.16. The van der Waals surface area contributed by atoms with Crippen LogP contribution in [0.4, 0.5) is 0 Å². The number of β-amino-alcohol motifs (C(OH)–C–C–N with tert-alkyl or cyclic N) is 1. The van der Waals surface area contributed by atoms with E-state index in [-0.39, 0.29) is 6.61 Å². The number of nitrogens with one attached hydrogen (secondary N) is 1. The topological polar surface area (TPSA) is 55.7 Å². The third-order valence-corrected chi connectivity index (χ3v) is 1.89. The normalized spacial score (nSPS) is 23.5. The van der Waals surface area contributed by atoms with E-state index in [0.717, 1.165) is 26.2 Å². The van der Waals surface area contributed by atoms with Gasteiger partial charge in [0, 0.05) is 32.7 Å². The summed E-state index contributed by atoms with van der Waals surface area (Å²) >= 11 is 0. The van der Waals surface area contributed by atoms with E-state index in [1.807, 2.05) is 0 Å². The van der Waals surface area contributed by atoms with Crippen LogP contribution in [0.2, 0.25) is 0 Å². The molecule has 0 amide bonds. The zero-order chi connectivity index (χ0) is 8.10. The number of nitrogens with zero attached hydrogens (tertiary/aromatic N) is 1. The molecular weight excluding hydrogens is 144 g/mol. The highest BCUT2D eigenvalue weighted by Crippen LogP contribution is 1.94. The first-order valence-corrected chi connectivity index (χ1v) is 4.05. The Hall–Kier alpha value is -0.160. The van der Waals surface area contributed by atoms with Gasteiger partial charge in [0.25, 0.3) is 0 Å². The predicted octanol–water partition coefficient (Wildman–Crippen LogP) is -1.76. The molecule has 0 aromatic heterocycles. The monoisotopic (exact) mass is 160 g/mol. The van der Waals surface area contributed by atoms with E-state index in [2.05, 4.69) is 10.2 Å². The van der Waals surface area contributed by atoms with Crippen molar-refractivity contribution in [1.82, 2.24) is 10.2 Å². The Kier molecular flexibility index (Phi) is 3.79. The van der Waals surface area contributed by atoms with Crippen LogP contribution in [0.5, 0.6) is 0 Å². The maximum Gasteiger partial charge on any atom is 0.0897 e. The first-order valence-electron chi connectivity index (χ1n) is 4.05. The smallest absolute Gasteiger partial charge is 0.0897 e. The van der Waals surface area contributed by atoms with Crippen molar-refractivity contribution in [2.75, 3.05) is 39.3 Å². The van der Waals surface area contributed by atoms with Crippen LogP contribution in [-0.4, -0.2) is 60.5 Å². The van der Waals surface area contributed by atoms with Gasteiger partial charge in [0.15, 0.2) is 0 Å². The van der Waals surface area contributed by atoms with E-state index < -0.39 is 6.10 Å². The van der Waals surface area contributed by atoms with Crippen LogP contribution in [0.1, 0.15) is 0 Å². The van der Waals surface area contributed by atoms with Crippen molar-refractivity contribution in [2.24, 2.45) is 0 Å². The Bertz CT molecular complexity index is 105. The Morgan fingerprint density at radius 3 is 2.55 bits per heavy atom. The van der Waals surface area contributed by atoms with Gasteiger partial charge >= 0.3 is 0 Å². The Morgan fingerprint density at radius 2 is 2.00 bits per heavy atom. The average molecular weight is 160 g/mol. The summed E-state index contributed by atoms with van der Waals surface area (Å²) in [5.74, 6) is 0. The van der Waals surface area contributed by atoms with Gasteiger partial charge in [-0.25, -0.2) is 0 Å². The SMILES string of the molecule is OC[C@H](O)CN1CCNCC1. The molecule has 1 aliphatic rings. The van der Waals surface area contributed by atoms with Crippen LogP contribution in [-0.2, 0) is 0 Å². The van der Waals surface area contributed by atoms with E-state index >= 15 is 0 Å². The van der Waals surface area contributed by atoms with Gasteiger partial charge in [0.1, 0.15) is 0 Å². The highest BCUT2D eigenvalue weighted by Gasteiger charge is 2.12. The second kappa shape index (κ2) is 4.66. The number of rotatable bonds is 3. The molecule has 4 heteroatoms. The second-order valence-electron chi connectivity index (χ2n) is 2.89. The molecule has 1 fully saturated rings. The number of hydrogen-bond donors (Lipinski definition) is 3. The van der Waals surface area contributed by atoms with Crippen LogP contribution in [0, 0.1) is 0 Å². The van der Waals surface area contributed by atoms with Gasteiger partial charge in [-0.15, -0.1) is 0 Å². The number of aliphatic hydroxyl groups excluding tert-OH is 2. The largest absolute Gasteiger partial charge is 0.394 e. The molecular formula is C7H16N2O2. The summed E-state index contributed by atoms with van der Waals surface area (Å²) in [7, 11) is 0. The number of hydrogen-bond acceptors (Lipinski definition) is 4. The van der Waals surface area contributed by atoms with Gasteiger partial charge in [-0.2, -0.15) is 0 Å². The quantitative estimate of drug-likeness (QED) is 0.458. The van der Waals surface area contributed by atoms with Gasteiger partial charge in [0.2, 0.25) is 0 Å². The zero-order valence-electron chi connectivity index (χ0n) is 6.66. The van der Waals surface area contributed by atoms with Gasteiger partial charge in [0.05, 0.1) is 12.7 Å². The molecule has 0 bridgehead atoms. The van der Waals surface area contributed by atoms with Crippen molar-refractivity contribution in [1.29, 1.82) is 0 Å². The minimum absolute atomic E-state index is 0.135. The molecule has 4 nitrogen and oxygen atoms in total. The number of aliphatic hydroxyl groups is 2. The van der Waals surface area contributed by atoms with Crippen molar-refractivity contribution < 1.29 is 10.2 Å². The molecule has 1 heterocycles. The summed E-state index contributed by atoms with van der Waals surface area (Å²) < 4.78 is 0.